The molecule has 0 aromatic heterocycles. The maximum Gasteiger partial charge on any atom is 0.253 e. The van der Waals surface area contributed by atoms with E-state index in [1.807, 2.05) is 0 Å². The van der Waals surface area contributed by atoms with Gasteiger partial charge in [0.25, 0.3) is 5.91 Å². The number of rotatable bonds is 3. The van der Waals surface area contributed by atoms with Crippen LogP contribution in [0.3, 0.4) is 0 Å². The van der Waals surface area contributed by atoms with E-state index in [4.69, 9.17) is 5.21 Å². The Kier molecular flexibility index (Phi) is 1.94. The number of hydrogen-bond acceptors (Lipinski definition) is 3. The number of benzene rings is 1. The van der Waals surface area contributed by atoms with Gasteiger partial charge in [-0.2, -0.15) is 0 Å². The Morgan fingerprint density at radius 1 is 1.31 bits per heavy atom. The third kappa shape index (κ3) is 1.30. The van der Waals surface area contributed by atoms with Crippen LogP contribution in [0.5, 0.6) is 0 Å². The zero-order chi connectivity index (χ0) is 11.2. The average Bonchev–Trinajstić information content (AvgIpc) is 2.21. The van der Waals surface area contributed by atoms with Crippen molar-refractivity contribution in [1.29, 1.82) is 0 Å². The predicted octanol–water partition coefficient (Wildman–Crippen LogP) is 1.77. The topological polar surface area (TPSA) is 61.4 Å². The van der Waals surface area contributed by atoms with Crippen molar-refractivity contribution in [1.82, 2.24) is 5.32 Å². The van der Waals surface area contributed by atoms with Crippen molar-refractivity contribution in [2.24, 2.45) is 5.92 Å². The number of nitrogens with one attached hydrogen (secondary N) is 2. The Hall–Kier alpha value is -1.55. The molecule has 3 N–H and O–H groups in total. The Labute approximate surface area is 93.6 Å². The van der Waals surface area contributed by atoms with Crippen LogP contribution in [0, 0.1) is 5.92 Å². The zero-order valence-electron chi connectivity index (χ0n) is 8.86. The van der Waals surface area contributed by atoms with E-state index >= 15 is 0 Å². The summed E-state index contributed by atoms with van der Waals surface area (Å²) in [5, 5.41) is 12.0. The van der Waals surface area contributed by atoms with Crippen LogP contribution in [0.25, 0.3) is 0 Å². The van der Waals surface area contributed by atoms with E-state index in [2.05, 4.69) is 10.8 Å². The molecule has 1 aromatic carbocycles. The van der Waals surface area contributed by atoms with Gasteiger partial charge in [-0.1, -0.05) is 12.1 Å². The van der Waals surface area contributed by atoms with E-state index in [9.17, 15) is 4.79 Å². The van der Waals surface area contributed by atoms with Gasteiger partial charge in [-0.05, 0) is 37.3 Å². The minimum Gasteiger partial charge on any atom is -0.347 e. The fraction of sp³-hybridized carbons (Fsp3) is 0.417. The fourth-order valence-corrected chi connectivity index (χ4v) is 2.72. The van der Waals surface area contributed by atoms with Crippen LogP contribution >= 0.6 is 0 Å². The number of carbonyl (C=O) groups is 1. The molecule has 0 saturated heterocycles. The van der Waals surface area contributed by atoms with Crippen molar-refractivity contribution < 1.29 is 10.0 Å². The Balaban J connectivity index is 1.77. The molecule has 2 bridgehead atoms. The van der Waals surface area contributed by atoms with Crippen molar-refractivity contribution in [3.63, 3.8) is 0 Å². The first-order valence-corrected chi connectivity index (χ1v) is 5.54. The second kappa shape index (κ2) is 3.22. The highest BCUT2D eigenvalue weighted by molar-refractivity contribution is 6.00. The van der Waals surface area contributed by atoms with Crippen LogP contribution in [-0.4, -0.2) is 16.7 Å². The van der Waals surface area contributed by atoms with Crippen molar-refractivity contribution in [3.8, 4) is 0 Å². The lowest BCUT2D eigenvalue weighted by Gasteiger charge is -2.61. The molecule has 0 aliphatic heterocycles. The summed E-state index contributed by atoms with van der Waals surface area (Å²) in [5.41, 5.74) is 3.07. The summed E-state index contributed by atoms with van der Waals surface area (Å²) in [5.74, 6) is 0.738. The molecule has 16 heavy (non-hydrogen) atoms. The predicted molar refractivity (Wildman–Crippen MR) is 59.4 cm³/mol. The number of carbonyl (C=O) groups excluding carboxylic acids is 1. The molecular formula is C12H14N2O2. The third-order valence-electron chi connectivity index (χ3n) is 3.71. The quantitative estimate of drug-likeness (QED) is 0.677. The summed E-state index contributed by atoms with van der Waals surface area (Å²) in [6, 6.07) is 6.95. The summed E-state index contributed by atoms with van der Waals surface area (Å²) < 4.78 is 0. The van der Waals surface area contributed by atoms with Gasteiger partial charge in [-0.3, -0.25) is 15.5 Å². The molecule has 1 aromatic rings. The Bertz CT molecular complexity index is 427. The molecule has 3 fully saturated rings. The van der Waals surface area contributed by atoms with Gasteiger partial charge in [0.1, 0.15) is 0 Å². The van der Waals surface area contributed by atoms with Crippen LogP contribution in [0.15, 0.2) is 24.3 Å². The lowest BCUT2D eigenvalue weighted by molar-refractivity contribution is -0.0438. The molecule has 3 saturated carbocycles. The highest BCUT2D eigenvalue weighted by Gasteiger charge is 2.57. The van der Waals surface area contributed by atoms with E-state index in [1.165, 1.54) is 0 Å². The largest absolute Gasteiger partial charge is 0.347 e. The third-order valence-corrected chi connectivity index (χ3v) is 3.71. The zero-order valence-corrected chi connectivity index (χ0v) is 8.86. The van der Waals surface area contributed by atoms with E-state index in [1.54, 1.807) is 24.3 Å². The summed E-state index contributed by atoms with van der Waals surface area (Å²) in [4.78, 5) is 12.0. The number of para-hydroxylation sites is 1. The molecule has 84 valence electrons. The summed E-state index contributed by atoms with van der Waals surface area (Å²) >= 11 is 0. The van der Waals surface area contributed by atoms with Gasteiger partial charge in [-0.25, -0.2) is 0 Å². The first kappa shape index (κ1) is 9.66. The second-order valence-electron chi connectivity index (χ2n) is 4.87. The molecule has 3 aliphatic carbocycles. The van der Waals surface area contributed by atoms with Crippen molar-refractivity contribution in [3.05, 3.63) is 29.8 Å². The van der Waals surface area contributed by atoms with E-state index < -0.39 is 0 Å². The first-order valence-electron chi connectivity index (χ1n) is 5.54. The fourth-order valence-electron chi connectivity index (χ4n) is 2.72. The van der Waals surface area contributed by atoms with Gasteiger partial charge in [0.2, 0.25) is 0 Å². The number of anilines is 1. The first-order chi connectivity index (χ1) is 7.72. The van der Waals surface area contributed by atoms with Crippen LogP contribution < -0.4 is 10.8 Å². The minimum atomic E-state index is -0.102. The van der Waals surface area contributed by atoms with Crippen LogP contribution in [0.2, 0.25) is 0 Å². The summed E-state index contributed by atoms with van der Waals surface area (Å²) in [6.45, 7) is 0. The van der Waals surface area contributed by atoms with Crippen LogP contribution in [0.4, 0.5) is 5.69 Å². The average molecular weight is 218 g/mol. The van der Waals surface area contributed by atoms with Crippen molar-refractivity contribution in [2.45, 2.75) is 24.8 Å². The van der Waals surface area contributed by atoms with Gasteiger partial charge in [0.05, 0.1) is 11.3 Å². The van der Waals surface area contributed by atoms with Crippen molar-refractivity contribution in [2.75, 3.05) is 5.48 Å². The number of amides is 1. The molecule has 0 radical (unpaired) electrons. The van der Waals surface area contributed by atoms with E-state index in [-0.39, 0.29) is 11.4 Å². The smallest absolute Gasteiger partial charge is 0.253 e. The molecule has 0 atom stereocenters. The van der Waals surface area contributed by atoms with Gasteiger partial charge in [0, 0.05) is 5.54 Å². The van der Waals surface area contributed by atoms with Gasteiger partial charge < -0.3 is 5.32 Å². The molecule has 4 rings (SSSR count). The second-order valence-corrected chi connectivity index (χ2v) is 4.87. The summed E-state index contributed by atoms with van der Waals surface area (Å²) in [6.07, 6.45) is 3.36. The van der Waals surface area contributed by atoms with Crippen molar-refractivity contribution >= 4 is 11.6 Å². The standard InChI is InChI=1S/C12H14N2O2/c15-11(13-12-5-8(6-12)7-12)9-3-1-2-4-10(9)14-16/h1-4,8,14,16H,5-7H2,(H,13,15). The van der Waals surface area contributed by atoms with E-state index in [0.717, 1.165) is 25.2 Å². The van der Waals surface area contributed by atoms with Crippen LogP contribution in [-0.2, 0) is 0 Å². The Morgan fingerprint density at radius 2 is 2.00 bits per heavy atom. The molecule has 0 unspecified atom stereocenters. The monoisotopic (exact) mass is 218 g/mol. The maximum atomic E-state index is 12.0. The molecule has 4 heteroatoms. The van der Waals surface area contributed by atoms with Gasteiger partial charge >= 0.3 is 0 Å². The molecular weight excluding hydrogens is 204 g/mol. The molecule has 4 nitrogen and oxygen atoms in total. The lowest BCUT2D eigenvalue weighted by atomic mass is 9.50. The lowest BCUT2D eigenvalue weighted by Crippen LogP contribution is -2.68. The highest BCUT2D eigenvalue weighted by atomic mass is 16.5. The summed E-state index contributed by atoms with van der Waals surface area (Å²) in [7, 11) is 0. The normalized spacial score (nSPS) is 29.9. The molecule has 0 spiro atoms. The van der Waals surface area contributed by atoms with E-state index in [0.29, 0.717) is 11.3 Å². The molecule has 1 amide bonds. The minimum absolute atomic E-state index is 0.0737. The highest BCUT2D eigenvalue weighted by Crippen LogP contribution is 2.57. The Morgan fingerprint density at radius 3 is 2.56 bits per heavy atom. The number of hydrogen-bond donors (Lipinski definition) is 3. The van der Waals surface area contributed by atoms with Gasteiger partial charge in [-0.15, -0.1) is 0 Å². The maximum absolute atomic E-state index is 12.0. The molecule has 0 heterocycles. The SMILES string of the molecule is O=C(NC12CC(C1)C2)c1ccccc1NO. The van der Waals surface area contributed by atoms with Gasteiger partial charge in [0.15, 0.2) is 0 Å². The van der Waals surface area contributed by atoms with Crippen LogP contribution in [0.1, 0.15) is 29.6 Å². The molecule has 3 aliphatic rings.